The Bertz CT molecular complexity index is 374. The molecule has 86 valence electrons. The molecule has 2 rings (SSSR count). The Hall–Kier alpha value is -1.39. The number of hydrogen-bond donors (Lipinski definition) is 2. The first-order chi connectivity index (χ1) is 7.65. The van der Waals surface area contributed by atoms with Crippen molar-refractivity contribution < 1.29 is 4.79 Å². The maximum Gasteiger partial charge on any atom is 0.248 e. The van der Waals surface area contributed by atoms with Gasteiger partial charge in [-0.2, -0.15) is 0 Å². The maximum absolute atomic E-state index is 10.9. The van der Waals surface area contributed by atoms with Crippen LogP contribution in [0.5, 0.6) is 0 Å². The number of benzene rings is 1. The Kier molecular flexibility index (Phi) is 3.22. The molecule has 1 aromatic carbocycles. The van der Waals surface area contributed by atoms with E-state index >= 15 is 0 Å². The van der Waals surface area contributed by atoms with Crippen LogP contribution in [0.1, 0.15) is 22.3 Å². The Labute approximate surface area is 95.2 Å². The standard InChI is InChI=1S/C12H17N3O/c13-11-5-6-15(8-11)7-9-1-3-10(4-2-9)12(14)16/h1-4,11H,5-8,13H2,(H2,14,16). The van der Waals surface area contributed by atoms with Crippen LogP contribution in [-0.2, 0) is 6.54 Å². The van der Waals surface area contributed by atoms with Gasteiger partial charge in [0.15, 0.2) is 0 Å². The number of hydrogen-bond acceptors (Lipinski definition) is 3. The van der Waals surface area contributed by atoms with Crippen LogP contribution in [0.4, 0.5) is 0 Å². The molecule has 0 aliphatic carbocycles. The van der Waals surface area contributed by atoms with Crippen LogP contribution in [0.2, 0.25) is 0 Å². The summed E-state index contributed by atoms with van der Waals surface area (Å²) in [4.78, 5) is 13.2. The van der Waals surface area contributed by atoms with Gasteiger partial charge in [0.05, 0.1) is 0 Å². The molecule has 1 unspecified atom stereocenters. The number of carbonyl (C=O) groups is 1. The van der Waals surface area contributed by atoms with E-state index < -0.39 is 0 Å². The summed E-state index contributed by atoms with van der Waals surface area (Å²) in [5, 5.41) is 0. The molecule has 16 heavy (non-hydrogen) atoms. The lowest BCUT2D eigenvalue weighted by Gasteiger charge is -2.15. The Morgan fingerprint density at radius 1 is 1.38 bits per heavy atom. The van der Waals surface area contributed by atoms with E-state index in [4.69, 9.17) is 11.5 Å². The summed E-state index contributed by atoms with van der Waals surface area (Å²) in [5.41, 5.74) is 12.8. The molecule has 1 heterocycles. The van der Waals surface area contributed by atoms with E-state index in [1.165, 1.54) is 5.56 Å². The Balaban J connectivity index is 1.97. The lowest BCUT2D eigenvalue weighted by atomic mass is 10.1. The third-order valence-corrected chi connectivity index (χ3v) is 2.95. The fourth-order valence-electron chi connectivity index (χ4n) is 2.04. The first kappa shape index (κ1) is 11.1. The summed E-state index contributed by atoms with van der Waals surface area (Å²) in [6.07, 6.45) is 1.07. The average Bonchev–Trinajstić information content (AvgIpc) is 2.65. The summed E-state index contributed by atoms with van der Waals surface area (Å²) in [5.74, 6) is -0.380. The molecule has 0 saturated carbocycles. The molecule has 0 bridgehead atoms. The predicted octanol–water partition coefficient (Wildman–Crippen LogP) is 0.319. The van der Waals surface area contributed by atoms with Crippen molar-refractivity contribution in [1.29, 1.82) is 0 Å². The van der Waals surface area contributed by atoms with Gasteiger partial charge in [0, 0.05) is 31.2 Å². The summed E-state index contributed by atoms with van der Waals surface area (Å²) < 4.78 is 0. The molecule has 4 heteroatoms. The molecule has 0 aromatic heterocycles. The lowest BCUT2D eigenvalue weighted by molar-refractivity contribution is 0.100. The van der Waals surface area contributed by atoms with E-state index in [2.05, 4.69) is 4.90 Å². The minimum absolute atomic E-state index is 0.310. The van der Waals surface area contributed by atoms with Crippen molar-refractivity contribution >= 4 is 5.91 Å². The second-order valence-corrected chi connectivity index (χ2v) is 4.35. The summed E-state index contributed by atoms with van der Waals surface area (Å²) in [7, 11) is 0. The van der Waals surface area contributed by atoms with Crippen LogP contribution in [-0.4, -0.2) is 29.9 Å². The van der Waals surface area contributed by atoms with Crippen LogP contribution in [0.25, 0.3) is 0 Å². The first-order valence-corrected chi connectivity index (χ1v) is 5.52. The number of carbonyl (C=O) groups excluding carboxylic acids is 1. The average molecular weight is 219 g/mol. The highest BCUT2D eigenvalue weighted by molar-refractivity contribution is 5.92. The van der Waals surface area contributed by atoms with Gasteiger partial charge in [0.2, 0.25) is 5.91 Å². The fraction of sp³-hybridized carbons (Fsp3) is 0.417. The number of nitrogens with zero attached hydrogens (tertiary/aromatic N) is 1. The van der Waals surface area contributed by atoms with Crippen molar-refractivity contribution in [2.24, 2.45) is 11.5 Å². The van der Waals surface area contributed by atoms with Crippen molar-refractivity contribution in [2.75, 3.05) is 13.1 Å². The molecule has 1 aromatic rings. The van der Waals surface area contributed by atoms with E-state index in [1.807, 2.05) is 12.1 Å². The van der Waals surface area contributed by atoms with E-state index in [1.54, 1.807) is 12.1 Å². The molecule has 4 nitrogen and oxygen atoms in total. The molecule has 4 N–H and O–H groups in total. The number of rotatable bonds is 3. The van der Waals surface area contributed by atoms with E-state index in [0.29, 0.717) is 11.6 Å². The fourth-order valence-corrected chi connectivity index (χ4v) is 2.04. The van der Waals surface area contributed by atoms with Gasteiger partial charge in [0.1, 0.15) is 0 Å². The lowest BCUT2D eigenvalue weighted by Crippen LogP contribution is -2.26. The quantitative estimate of drug-likeness (QED) is 0.769. The number of primary amides is 1. The molecule has 1 fully saturated rings. The normalized spacial score (nSPS) is 21.2. The molecule has 1 saturated heterocycles. The van der Waals surface area contributed by atoms with Crippen LogP contribution >= 0.6 is 0 Å². The molecule has 0 radical (unpaired) electrons. The van der Waals surface area contributed by atoms with Gasteiger partial charge in [-0.1, -0.05) is 12.1 Å². The molecular formula is C12H17N3O. The molecule has 1 aliphatic rings. The van der Waals surface area contributed by atoms with Gasteiger partial charge < -0.3 is 11.5 Å². The third kappa shape index (κ3) is 2.59. The molecule has 1 atom stereocenters. The largest absolute Gasteiger partial charge is 0.366 e. The monoisotopic (exact) mass is 219 g/mol. The number of nitrogens with two attached hydrogens (primary N) is 2. The smallest absolute Gasteiger partial charge is 0.248 e. The zero-order chi connectivity index (χ0) is 11.5. The predicted molar refractivity (Wildman–Crippen MR) is 62.8 cm³/mol. The van der Waals surface area contributed by atoms with Gasteiger partial charge >= 0.3 is 0 Å². The van der Waals surface area contributed by atoms with Gasteiger partial charge in [-0.15, -0.1) is 0 Å². The van der Waals surface area contributed by atoms with Crippen molar-refractivity contribution in [1.82, 2.24) is 4.90 Å². The zero-order valence-corrected chi connectivity index (χ0v) is 9.23. The molecule has 1 amide bonds. The third-order valence-electron chi connectivity index (χ3n) is 2.95. The van der Waals surface area contributed by atoms with E-state index in [0.717, 1.165) is 26.1 Å². The second kappa shape index (κ2) is 4.63. The van der Waals surface area contributed by atoms with Crippen molar-refractivity contribution in [2.45, 2.75) is 19.0 Å². The van der Waals surface area contributed by atoms with Crippen molar-refractivity contribution in [3.05, 3.63) is 35.4 Å². The maximum atomic E-state index is 10.9. The van der Waals surface area contributed by atoms with Crippen molar-refractivity contribution in [3.63, 3.8) is 0 Å². The Morgan fingerprint density at radius 2 is 2.06 bits per heavy atom. The SMILES string of the molecule is NC(=O)c1ccc(CN2CCC(N)C2)cc1. The highest BCUT2D eigenvalue weighted by Crippen LogP contribution is 2.12. The minimum Gasteiger partial charge on any atom is -0.366 e. The van der Waals surface area contributed by atoms with Crippen LogP contribution in [0.3, 0.4) is 0 Å². The van der Waals surface area contributed by atoms with Crippen LogP contribution in [0, 0.1) is 0 Å². The second-order valence-electron chi connectivity index (χ2n) is 4.35. The van der Waals surface area contributed by atoms with E-state index in [9.17, 15) is 4.79 Å². The Morgan fingerprint density at radius 3 is 2.56 bits per heavy atom. The summed E-state index contributed by atoms with van der Waals surface area (Å²) in [6, 6.07) is 7.75. The number of likely N-dealkylation sites (tertiary alicyclic amines) is 1. The van der Waals surface area contributed by atoms with E-state index in [-0.39, 0.29) is 5.91 Å². The summed E-state index contributed by atoms with van der Waals surface area (Å²) >= 11 is 0. The highest BCUT2D eigenvalue weighted by Gasteiger charge is 2.18. The summed E-state index contributed by atoms with van der Waals surface area (Å²) in [6.45, 7) is 2.91. The van der Waals surface area contributed by atoms with Gasteiger partial charge in [-0.05, 0) is 24.1 Å². The highest BCUT2D eigenvalue weighted by atomic mass is 16.1. The molecule has 0 spiro atoms. The molecule has 1 aliphatic heterocycles. The topological polar surface area (TPSA) is 72.4 Å². The number of amides is 1. The molecular weight excluding hydrogens is 202 g/mol. The van der Waals surface area contributed by atoms with Gasteiger partial charge in [-0.3, -0.25) is 9.69 Å². The van der Waals surface area contributed by atoms with Gasteiger partial charge in [-0.25, -0.2) is 0 Å². The van der Waals surface area contributed by atoms with Crippen molar-refractivity contribution in [3.8, 4) is 0 Å². The van der Waals surface area contributed by atoms with Crippen LogP contribution in [0.15, 0.2) is 24.3 Å². The minimum atomic E-state index is -0.380. The first-order valence-electron chi connectivity index (χ1n) is 5.52. The van der Waals surface area contributed by atoms with Crippen LogP contribution < -0.4 is 11.5 Å². The zero-order valence-electron chi connectivity index (χ0n) is 9.23. The van der Waals surface area contributed by atoms with Gasteiger partial charge in [0.25, 0.3) is 0 Å².